The third-order valence-corrected chi connectivity index (χ3v) is 5.79. The predicted molar refractivity (Wildman–Crippen MR) is 130 cm³/mol. The molecule has 0 amide bonds. The van der Waals surface area contributed by atoms with Gasteiger partial charge in [0, 0.05) is 17.5 Å². The van der Waals surface area contributed by atoms with Gasteiger partial charge in [-0.2, -0.15) is 5.10 Å². The number of hydrogen-bond donors (Lipinski definition) is 0. The number of fused-ring (bicyclic) bond motifs is 3. The zero-order chi connectivity index (χ0) is 22.6. The molecular weight excluding hydrogens is 412 g/mol. The van der Waals surface area contributed by atoms with Gasteiger partial charge in [0.25, 0.3) is 0 Å². The molecule has 0 aromatic heterocycles. The lowest BCUT2D eigenvalue weighted by Crippen LogP contribution is -2.33. The van der Waals surface area contributed by atoms with Crippen molar-refractivity contribution >= 4 is 5.71 Å². The molecule has 2 aliphatic heterocycles. The molecule has 0 N–H and O–H groups in total. The van der Waals surface area contributed by atoms with Gasteiger partial charge in [0.05, 0.1) is 11.8 Å². The number of hydrogen-bond acceptors (Lipinski definition) is 5. The summed E-state index contributed by atoms with van der Waals surface area (Å²) in [5.41, 5.74) is 4.30. The lowest BCUT2D eigenvalue weighted by molar-refractivity contribution is -0.0190. The highest BCUT2D eigenvalue weighted by atomic mass is 16.5. The molecule has 0 spiro atoms. The van der Waals surface area contributed by atoms with Crippen LogP contribution in [0.3, 0.4) is 0 Å². The van der Waals surface area contributed by atoms with Crippen LogP contribution in [-0.2, 0) is 0 Å². The van der Waals surface area contributed by atoms with Gasteiger partial charge in [-0.05, 0) is 60.2 Å². The molecular formula is C28H26N2O3. The second-order valence-electron chi connectivity index (χ2n) is 7.95. The molecule has 2 aliphatic rings. The highest BCUT2D eigenvalue weighted by molar-refractivity contribution is 6.02. The summed E-state index contributed by atoms with van der Waals surface area (Å²) in [6, 6.07) is 24.4. The first-order valence-corrected chi connectivity index (χ1v) is 11.1. The second-order valence-corrected chi connectivity index (χ2v) is 7.95. The van der Waals surface area contributed by atoms with Crippen molar-refractivity contribution < 1.29 is 14.2 Å². The number of hydrazone groups is 1. The summed E-state index contributed by atoms with van der Waals surface area (Å²) >= 11 is 0. The molecule has 0 saturated heterocycles. The Kier molecular flexibility index (Phi) is 5.85. The van der Waals surface area contributed by atoms with Gasteiger partial charge < -0.3 is 14.2 Å². The van der Waals surface area contributed by atoms with Crippen LogP contribution in [0.5, 0.6) is 17.2 Å². The van der Waals surface area contributed by atoms with Crippen molar-refractivity contribution in [2.24, 2.45) is 5.10 Å². The molecule has 0 bridgehead atoms. The summed E-state index contributed by atoms with van der Waals surface area (Å²) in [5.74, 6) is 2.52. The Labute approximate surface area is 194 Å². The molecule has 0 fully saturated rings. The average Bonchev–Trinajstić information content (AvgIpc) is 3.32. The Morgan fingerprint density at radius 1 is 0.879 bits per heavy atom. The first-order chi connectivity index (χ1) is 16.3. The Bertz CT molecular complexity index is 1170. The standard InChI is InChI=1S/C28H26N2O3/c1-3-17-31-22-13-9-20(10-14-22)25-19-26-24-7-5-6-8-27(24)33-28(30(26)29-25)21-11-15-23(16-12-21)32-18-4-2/h3-16,26,28H,1-2,17-19H2/t26-,28+/m0/s1. The van der Waals surface area contributed by atoms with Crippen molar-refractivity contribution in [1.29, 1.82) is 0 Å². The molecule has 0 radical (unpaired) electrons. The SMILES string of the molecule is C=CCOc1ccc(C2=NN3[C@@H](c4ccc(OCC=C)cc4)Oc4ccccc4[C@@H]3C2)cc1. The van der Waals surface area contributed by atoms with Crippen LogP contribution in [0.25, 0.3) is 0 Å². The van der Waals surface area contributed by atoms with E-state index in [2.05, 4.69) is 42.4 Å². The third-order valence-electron chi connectivity index (χ3n) is 5.79. The molecule has 166 valence electrons. The Balaban J connectivity index is 1.45. The fraction of sp³-hybridized carbons (Fsp3) is 0.179. The monoisotopic (exact) mass is 438 g/mol. The number of benzene rings is 3. The van der Waals surface area contributed by atoms with Gasteiger partial charge >= 0.3 is 0 Å². The molecule has 3 aromatic rings. The number of para-hydroxylation sites is 1. The Hall–Kier alpha value is -3.99. The fourth-order valence-corrected chi connectivity index (χ4v) is 4.21. The van der Waals surface area contributed by atoms with E-state index in [9.17, 15) is 0 Å². The predicted octanol–water partition coefficient (Wildman–Crippen LogP) is 6.06. The summed E-state index contributed by atoms with van der Waals surface area (Å²) in [5, 5.41) is 7.11. The zero-order valence-electron chi connectivity index (χ0n) is 18.4. The number of nitrogens with zero attached hydrogens (tertiary/aromatic N) is 2. The summed E-state index contributed by atoms with van der Waals surface area (Å²) in [7, 11) is 0. The van der Waals surface area contributed by atoms with E-state index >= 15 is 0 Å². The van der Waals surface area contributed by atoms with Crippen LogP contribution in [0, 0.1) is 0 Å². The van der Waals surface area contributed by atoms with Crippen LogP contribution in [0.15, 0.2) is 103 Å². The maximum absolute atomic E-state index is 6.43. The van der Waals surface area contributed by atoms with Crippen molar-refractivity contribution in [3.63, 3.8) is 0 Å². The molecule has 2 heterocycles. The highest BCUT2D eigenvalue weighted by Gasteiger charge is 2.40. The molecule has 0 unspecified atom stereocenters. The van der Waals surface area contributed by atoms with Gasteiger partial charge in [0.15, 0.2) is 0 Å². The Morgan fingerprint density at radius 2 is 1.52 bits per heavy atom. The van der Waals surface area contributed by atoms with E-state index in [1.165, 1.54) is 0 Å². The van der Waals surface area contributed by atoms with Gasteiger partial charge in [0.2, 0.25) is 6.23 Å². The molecule has 0 aliphatic carbocycles. The van der Waals surface area contributed by atoms with Crippen LogP contribution >= 0.6 is 0 Å². The number of rotatable bonds is 8. The quantitative estimate of drug-likeness (QED) is 0.401. The van der Waals surface area contributed by atoms with Crippen LogP contribution in [0.2, 0.25) is 0 Å². The van der Waals surface area contributed by atoms with E-state index in [0.29, 0.717) is 13.2 Å². The molecule has 33 heavy (non-hydrogen) atoms. The van der Waals surface area contributed by atoms with E-state index < -0.39 is 0 Å². The van der Waals surface area contributed by atoms with Crippen molar-refractivity contribution in [2.45, 2.75) is 18.7 Å². The van der Waals surface area contributed by atoms with Crippen LogP contribution in [-0.4, -0.2) is 23.9 Å². The first-order valence-electron chi connectivity index (χ1n) is 11.1. The fourth-order valence-electron chi connectivity index (χ4n) is 4.21. The van der Waals surface area contributed by atoms with E-state index in [1.807, 2.05) is 48.5 Å². The van der Waals surface area contributed by atoms with Crippen molar-refractivity contribution in [3.8, 4) is 17.2 Å². The van der Waals surface area contributed by atoms with Crippen molar-refractivity contribution in [2.75, 3.05) is 13.2 Å². The molecule has 5 rings (SSSR count). The minimum absolute atomic E-state index is 0.114. The van der Waals surface area contributed by atoms with Crippen LogP contribution in [0.1, 0.15) is 35.4 Å². The minimum Gasteiger partial charge on any atom is -0.490 e. The van der Waals surface area contributed by atoms with E-state index in [1.54, 1.807) is 12.2 Å². The molecule has 5 nitrogen and oxygen atoms in total. The van der Waals surface area contributed by atoms with Crippen molar-refractivity contribution in [3.05, 3.63) is 115 Å². The molecule has 5 heteroatoms. The van der Waals surface area contributed by atoms with Gasteiger partial charge in [-0.1, -0.05) is 43.5 Å². The largest absolute Gasteiger partial charge is 0.490 e. The van der Waals surface area contributed by atoms with E-state index in [0.717, 1.165) is 46.1 Å². The normalized spacial score (nSPS) is 18.4. The number of ether oxygens (including phenoxy) is 3. The molecule has 2 atom stereocenters. The van der Waals surface area contributed by atoms with Gasteiger partial charge in [-0.25, -0.2) is 5.01 Å². The maximum atomic E-state index is 6.43. The minimum atomic E-state index is -0.314. The second kappa shape index (κ2) is 9.25. The van der Waals surface area contributed by atoms with Gasteiger partial charge in [-0.15, -0.1) is 0 Å². The lowest BCUT2D eigenvalue weighted by atomic mass is 9.96. The summed E-state index contributed by atoms with van der Waals surface area (Å²) in [6.07, 6.45) is 3.97. The first kappa shape index (κ1) is 20.9. The van der Waals surface area contributed by atoms with Crippen molar-refractivity contribution in [1.82, 2.24) is 5.01 Å². The van der Waals surface area contributed by atoms with Crippen LogP contribution < -0.4 is 14.2 Å². The van der Waals surface area contributed by atoms with E-state index in [4.69, 9.17) is 19.3 Å². The Morgan fingerprint density at radius 3 is 2.18 bits per heavy atom. The summed E-state index contributed by atoms with van der Waals surface area (Å²) in [6.45, 7) is 8.36. The molecule has 3 aromatic carbocycles. The zero-order valence-corrected chi connectivity index (χ0v) is 18.4. The van der Waals surface area contributed by atoms with E-state index in [-0.39, 0.29) is 12.3 Å². The summed E-state index contributed by atoms with van der Waals surface area (Å²) in [4.78, 5) is 0. The summed E-state index contributed by atoms with van der Waals surface area (Å²) < 4.78 is 17.7. The van der Waals surface area contributed by atoms with Gasteiger partial charge in [0.1, 0.15) is 30.5 Å². The maximum Gasteiger partial charge on any atom is 0.213 e. The average molecular weight is 439 g/mol. The lowest BCUT2D eigenvalue weighted by Gasteiger charge is -2.38. The van der Waals surface area contributed by atoms with Gasteiger partial charge in [-0.3, -0.25) is 0 Å². The molecule has 0 saturated carbocycles. The topological polar surface area (TPSA) is 43.3 Å². The third kappa shape index (κ3) is 4.22. The smallest absolute Gasteiger partial charge is 0.213 e. The van der Waals surface area contributed by atoms with Crippen LogP contribution in [0.4, 0.5) is 0 Å². The highest BCUT2D eigenvalue weighted by Crippen LogP contribution is 2.47.